The Morgan fingerprint density at radius 1 is 1.25 bits per heavy atom. The molecular formula is HCrMnNO. The van der Waals surface area contributed by atoms with E-state index in [2.05, 4.69) is 5.59 Å². The van der Waals surface area contributed by atoms with Gasteiger partial charge >= 0.3 is 0 Å². The molecule has 0 spiro atoms. The molecule has 0 heterocycles. The van der Waals surface area contributed by atoms with Crippen LogP contribution in [0.25, 0.3) is 0 Å². The predicted molar refractivity (Wildman–Crippen MR) is 6.09 cm³/mol. The summed E-state index contributed by atoms with van der Waals surface area (Å²) in [5, 5.41) is 0. The van der Waals surface area contributed by atoms with Crippen molar-refractivity contribution < 1.29 is 34.4 Å². The molecule has 4 heteroatoms. The average molecular weight is 138 g/mol. The second kappa shape index (κ2) is 60.4. The van der Waals surface area contributed by atoms with Gasteiger partial charge in [-0.2, -0.15) is 4.91 Å². The molecule has 0 aromatic carbocycles. The summed E-state index contributed by atoms with van der Waals surface area (Å²) in [5.41, 5.74) is 4.50. The number of nitroso groups, excluding NO2 is 1. The van der Waals surface area contributed by atoms with E-state index in [4.69, 9.17) is 4.91 Å². The van der Waals surface area contributed by atoms with Crippen molar-refractivity contribution in [1.29, 1.82) is 5.59 Å². The van der Waals surface area contributed by atoms with Gasteiger partial charge in [-0.3, -0.25) is 0 Å². The van der Waals surface area contributed by atoms with Crippen LogP contribution >= 0.6 is 0 Å². The van der Waals surface area contributed by atoms with Gasteiger partial charge in [0.05, 0.1) is 0 Å². The van der Waals surface area contributed by atoms with Crippen molar-refractivity contribution in [1.82, 2.24) is 0 Å². The third-order valence-corrected chi connectivity index (χ3v) is 0. The van der Waals surface area contributed by atoms with Crippen LogP contribution in [0, 0.1) is 10.5 Å². The minimum atomic E-state index is 0. The summed E-state index contributed by atoms with van der Waals surface area (Å²) in [5.74, 6) is 0. The molecule has 0 atom stereocenters. The molecule has 25 valence electrons. The maximum Gasteiger partial charge on any atom is 0 e. The standard InChI is InChI=1S/Cr.Mn.HNO/c;;1-2/h;;1H. The van der Waals surface area contributed by atoms with Crippen LogP contribution in [-0.4, -0.2) is 0 Å². The van der Waals surface area contributed by atoms with E-state index in [-0.39, 0.29) is 34.4 Å². The van der Waals surface area contributed by atoms with Crippen molar-refractivity contribution in [3.63, 3.8) is 0 Å². The molecule has 0 rings (SSSR count). The largest absolute Gasteiger partial charge is 0.154 e. The van der Waals surface area contributed by atoms with Crippen molar-refractivity contribution >= 4 is 0 Å². The first-order valence-corrected chi connectivity index (χ1v) is 0.204. The van der Waals surface area contributed by atoms with Crippen LogP contribution in [0.5, 0.6) is 0 Å². The minimum Gasteiger partial charge on any atom is -0.154 e. The molecule has 0 aliphatic rings. The Balaban J connectivity index is -0.00000000500. The molecule has 2 nitrogen and oxygen atoms in total. The molecule has 0 fully saturated rings. The van der Waals surface area contributed by atoms with E-state index in [1.165, 1.54) is 0 Å². The molecule has 0 aliphatic heterocycles. The molecule has 0 saturated heterocycles. The monoisotopic (exact) mass is 138 g/mol. The molecular weight excluding hydrogens is 137 g/mol. The van der Waals surface area contributed by atoms with Crippen LogP contribution in [0.15, 0.2) is 0 Å². The molecule has 1 N–H and O–H groups in total. The fraction of sp³-hybridized carbons (Fsp3) is 0. The smallest absolute Gasteiger partial charge is 0 e. The van der Waals surface area contributed by atoms with Gasteiger partial charge in [0.1, 0.15) is 0 Å². The number of hydrogen-bond donors (Lipinski definition) is 1. The zero-order valence-electron chi connectivity index (χ0n) is 1.69. The van der Waals surface area contributed by atoms with Crippen molar-refractivity contribution in [3.8, 4) is 0 Å². The van der Waals surface area contributed by atoms with Crippen molar-refractivity contribution in [3.05, 3.63) is 4.91 Å². The molecule has 4 heavy (non-hydrogen) atoms. The molecule has 0 aromatic rings. The number of hydrogen-bond acceptors (Lipinski definition) is 2. The van der Waals surface area contributed by atoms with Gasteiger partial charge in [-0.25, -0.2) is 0 Å². The Morgan fingerprint density at radius 3 is 1.25 bits per heavy atom. The first-order chi connectivity index (χ1) is 1.00. The molecule has 0 amide bonds. The van der Waals surface area contributed by atoms with Gasteiger partial charge in [0.15, 0.2) is 0 Å². The van der Waals surface area contributed by atoms with Gasteiger partial charge in [0.2, 0.25) is 0 Å². The van der Waals surface area contributed by atoms with E-state index in [0.717, 1.165) is 0 Å². The maximum atomic E-state index is 7.50. The van der Waals surface area contributed by atoms with E-state index in [9.17, 15) is 0 Å². The summed E-state index contributed by atoms with van der Waals surface area (Å²) in [6.45, 7) is 0. The third kappa shape index (κ3) is 17.0. The van der Waals surface area contributed by atoms with Crippen LogP contribution in [0.4, 0.5) is 0 Å². The summed E-state index contributed by atoms with van der Waals surface area (Å²) < 4.78 is 0. The second-order valence-electron chi connectivity index (χ2n) is 0. The molecule has 1 radical (unpaired) electrons. The third-order valence-electron chi connectivity index (χ3n) is 0. The zero-order valence-corrected chi connectivity index (χ0v) is 4.15. The topological polar surface area (TPSA) is 40.9 Å². The van der Waals surface area contributed by atoms with Crippen molar-refractivity contribution in [2.45, 2.75) is 0 Å². The van der Waals surface area contributed by atoms with Gasteiger partial charge < -0.3 is 0 Å². The van der Waals surface area contributed by atoms with Crippen LogP contribution in [0.2, 0.25) is 0 Å². The Labute approximate surface area is 45.3 Å². The second-order valence-corrected chi connectivity index (χ2v) is 0. The van der Waals surface area contributed by atoms with E-state index in [1.54, 1.807) is 0 Å². The van der Waals surface area contributed by atoms with Crippen LogP contribution in [-0.2, 0) is 34.4 Å². The van der Waals surface area contributed by atoms with Crippen LogP contribution in [0.1, 0.15) is 0 Å². The summed E-state index contributed by atoms with van der Waals surface area (Å²) in [4.78, 5) is 7.50. The molecule has 0 bridgehead atoms. The van der Waals surface area contributed by atoms with Gasteiger partial charge in [0.25, 0.3) is 0 Å². The van der Waals surface area contributed by atoms with Crippen molar-refractivity contribution in [2.24, 2.45) is 0 Å². The zero-order chi connectivity index (χ0) is 2.00. The SMILES string of the molecule is N=O.[Cr].[Mn]. The van der Waals surface area contributed by atoms with E-state index in [0.29, 0.717) is 0 Å². The first-order valence-electron chi connectivity index (χ1n) is 0.204. The molecule has 0 aromatic heterocycles. The summed E-state index contributed by atoms with van der Waals surface area (Å²) in [6.07, 6.45) is 0. The molecule has 0 saturated carbocycles. The summed E-state index contributed by atoms with van der Waals surface area (Å²) in [6, 6.07) is 0. The number of rotatable bonds is 0. The first kappa shape index (κ1) is 22.7. The maximum absolute atomic E-state index is 7.50. The normalized spacial score (nSPS) is 1.00. The van der Waals surface area contributed by atoms with Gasteiger partial charge in [0, 0.05) is 34.4 Å². The Kier molecular flexibility index (Phi) is 343. The van der Waals surface area contributed by atoms with Crippen LogP contribution < -0.4 is 0 Å². The molecule has 0 unspecified atom stereocenters. The quantitative estimate of drug-likeness (QED) is 0.380. The minimum absolute atomic E-state index is 0. The Morgan fingerprint density at radius 2 is 1.25 bits per heavy atom. The van der Waals surface area contributed by atoms with Crippen LogP contribution in [0.3, 0.4) is 0 Å². The molecule has 0 aliphatic carbocycles. The Bertz CT molecular complexity index is 8.00. The van der Waals surface area contributed by atoms with Gasteiger partial charge in [-0.05, 0) is 0 Å². The van der Waals surface area contributed by atoms with E-state index >= 15 is 0 Å². The Hall–Kier alpha value is 0.652. The fourth-order valence-electron chi connectivity index (χ4n) is 0. The van der Waals surface area contributed by atoms with E-state index in [1.807, 2.05) is 0 Å². The predicted octanol–water partition coefficient (Wildman–Crippen LogP) is 0.327. The average Bonchev–Trinajstić information content (AvgIpc) is 1.00. The van der Waals surface area contributed by atoms with Gasteiger partial charge in [-0.15, -0.1) is 0 Å². The fourth-order valence-corrected chi connectivity index (χ4v) is 0. The number of nitrogens with one attached hydrogen (secondary N) is 1. The van der Waals surface area contributed by atoms with Gasteiger partial charge in [-0.1, -0.05) is 5.59 Å². The van der Waals surface area contributed by atoms with Crippen molar-refractivity contribution in [2.75, 3.05) is 0 Å². The van der Waals surface area contributed by atoms with E-state index < -0.39 is 0 Å². The summed E-state index contributed by atoms with van der Waals surface area (Å²) >= 11 is 0. The summed E-state index contributed by atoms with van der Waals surface area (Å²) in [7, 11) is 0.